The van der Waals surface area contributed by atoms with Gasteiger partial charge >= 0.3 is 5.97 Å². The normalized spacial score (nSPS) is 22.3. The fraction of sp³-hybridized carbons (Fsp3) is 0.556. The molecule has 1 aromatic rings. The zero-order valence-electron chi connectivity index (χ0n) is 13.5. The van der Waals surface area contributed by atoms with Crippen molar-refractivity contribution in [1.82, 2.24) is 0 Å². The highest BCUT2D eigenvalue weighted by atomic mass is 16.5. The molecule has 1 fully saturated rings. The van der Waals surface area contributed by atoms with Crippen molar-refractivity contribution < 1.29 is 14.3 Å². The Morgan fingerprint density at radius 2 is 2.09 bits per heavy atom. The molecule has 2 rings (SSSR count). The van der Waals surface area contributed by atoms with Crippen LogP contribution >= 0.6 is 0 Å². The van der Waals surface area contributed by atoms with Crippen LogP contribution in [-0.2, 0) is 19.7 Å². The maximum atomic E-state index is 12.2. The van der Waals surface area contributed by atoms with Crippen molar-refractivity contribution in [1.29, 1.82) is 5.26 Å². The first-order valence-corrected chi connectivity index (χ1v) is 7.80. The van der Waals surface area contributed by atoms with Gasteiger partial charge in [0.1, 0.15) is 5.41 Å². The quantitative estimate of drug-likeness (QED) is 0.784. The Labute approximate surface area is 132 Å². The lowest BCUT2D eigenvalue weighted by Crippen LogP contribution is -2.25. The van der Waals surface area contributed by atoms with Crippen molar-refractivity contribution in [3.63, 3.8) is 0 Å². The molecule has 0 aromatic heterocycles. The predicted octanol–water partition coefficient (Wildman–Crippen LogP) is 3.17. The number of esters is 1. The number of ether oxygens (including phenoxy) is 2. The standard InChI is InChI=1S/C18H23NO3/c1-4-22-17(20)16(13(2)3)14-5-7-15(8-6-14)18(11-19)9-10-21-12-18/h5-8,13,16H,4,9-10,12H2,1-3H3. The second-order valence-electron chi connectivity index (χ2n) is 6.09. The van der Waals surface area contributed by atoms with Crippen LogP contribution in [0.3, 0.4) is 0 Å². The summed E-state index contributed by atoms with van der Waals surface area (Å²) in [6, 6.07) is 10.2. The zero-order valence-corrected chi connectivity index (χ0v) is 13.5. The summed E-state index contributed by atoms with van der Waals surface area (Å²) in [5.74, 6) is -0.305. The lowest BCUT2D eigenvalue weighted by atomic mass is 9.80. The Morgan fingerprint density at radius 3 is 2.55 bits per heavy atom. The van der Waals surface area contributed by atoms with Crippen molar-refractivity contribution in [3.05, 3.63) is 35.4 Å². The second-order valence-corrected chi connectivity index (χ2v) is 6.09. The maximum Gasteiger partial charge on any atom is 0.313 e. The molecule has 1 aromatic carbocycles. The zero-order chi connectivity index (χ0) is 16.2. The van der Waals surface area contributed by atoms with Gasteiger partial charge in [-0.1, -0.05) is 38.1 Å². The number of carbonyl (C=O) groups excluding carboxylic acids is 1. The van der Waals surface area contributed by atoms with E-state index >= 15 is 0 Å². The van der Waals surface area contributed by atoms with E-state index in [0.717, 1.165) is 11.1 Å². The molecule has 1 aliphatic rings. The van der Waals surface area contributed by atoms with Crippen molar-refractivity contribution in [2.45, 2.75) is 38.5 Å². The highest BCUT2D eigenvalue weighted by molar-refractivity contribution is 5.78. The average Bonchev–Trinajstić information content (AvgIpc) is 2.98. The summed E-state index contributed by atoms with van der Waals surface area (Å²) in [5.41, 5.74) is 1.35. The first-order chi connectivity index (χ1) is 10.5. The van der Waals surface area contributed by atoms with Crippen molar-refractivity contribution in [2.24, 2.45) is 5.92 Å². The Hall–Kier alpha value is -1.86. The van der Waals surface area contributed by atoms with Gasteiger partial charge in [0.15, 0.2) is 0 Å². The number of carbonyl (C=O) groups is 1. The SMILES string of the molecule is CCOC(=O)C(c1ccc(C2(C#N)CCOC2)cc1)C(C)C. The molecular formula is C18H23NO3. The maximum absolute atomic E-state index is 12.2. The first kappa shape index (κ1) is 16.5. The van der Waals surface area contributed by atoms with Crippen LogP contribution in [0.1, 0.15) is 44.2 Å². The van der Waals surface area contributed by atoms with Crippen LogP contribution in [0.4, 0.5) is 0 Å². The minimum atomic E-state index is -0.546. The van der Waals surface area contributed by atoms with E-state index in [1.54, 1.807) is 0 Å². The van der Waals surface area contributed by atoms with E-state index < -0.39 is 5.41 Å². The highest BCUT2D eigenvalue weighted by Gasteiger charge is 2.37. The van der Waals surface area contributed by atoms with Crippen LogP contribution in [0.25, 0.3) is 0 Å². The lowest BCUT2D eigenvalue weighted by molar-refractivity contribution is -0.146. The largest absolute Gasteiger partial charge is 0.466 e. The molecule has 0 bridgehead atoms. The van der Waals surface area contributed by atoms with Crippen LogP contribution in [0.5, 0.6) is 0 Å². The van der Waals surface area contributed by atoms with Gasteiger partial charge in [-0.2, -0.15) is 5.26 Å². The molecule has 0 saturated carbocycles. The van der Waals surface area contributed by atoms with E-state index in [4.69, 9.17) is 9.47 Å². The second kappa shape index (κ2) is 6.93. The topological polar surface area (TPSA) is 59.3 Å². The summed E-state index contributed by atoms with van der Waals surface area (Å²) in [5, 5.41) is 9.49. The molecule has 1 saturated heterocycles. The molecule has 0 radical (unpaired) electrons. The van der Waals surface area contributed by atoms with Gasteiger partial charge in [-0.15, -0.1) is 0 Å². The average molecular weight is 301 g/mol. The van der Waals surface area contributed by atoms with E-state index in [9.17, 15) is 10.1 Å². The van der Waals surface area contributed by atoms with Gasteiger partial charge in [-0.3, -0.25) is 4.79 Å². The molecule has 2 unspecified atom stereocenters. The summed E-state index contributed by atoms with van der Waals surface area (Å²) < 4.78 is 10.6. The highest BCUT2D eigenvalue weighted by Crippen LogP contribution is 2.34. The third-order valence-corrected chi connectivity index (χ3v) is 4.27. The Bertz CT molecular complexity index is 551. The number of benzene rings is 1. The molecule has 0 amide bonds. The van der Waals surface area contributed by atoms with Crippen molar-refractivity contribution in [3.8, 4) is 6.07 Å². The fourth-order valence-corrected chi connectivity index (χ4v) is 2.98. The Morgan fingerprint density at radius 1 is 1.41 bits per heavy atom. The Kier molecular flexibility index (Phi) is 5.20. The van der Waals surface area contributed by atoms with Gasteiger partial charge in [-0.25, -0.2) is 0 Å². The van der Waals surface area contributed by atoms with E-state index in [2.05, 4.69) is 6.07 Å². The third kappa shape index (κ3) is 3.15. The van der Waals surface area contributed by atoms with Gasteiger partial charge < -0.3 is 9.47 Å². The number of nitriles is 1. The number of hydrogen-bond acceptors (Lipinski definition) is 4. The summed E-state index contributed by atoms with van der Waals surface area (Å²) in [7, 11) is 0. The van der Waals surface area contributed by atoms with Crippen molar-refractivity contribution in [2.75, 3.05) is 19.8 Å². The molecule has 22 heavy (non-hydrogen) atoms. The van der Waals surface area contributed by atoms with Gasteiger partial charge in [0.2, 0.25) is 0 Å². The van der Waals surface area contributed by atoms with Gasteiger partial charge in [0.05, 0.1) is 25.2 Å². The minimum Gasteiger partial charge on any atom is -0.466 e. The molecule has 1 heterocycles. The molecule has 0 N–H and O–H groups in total. The van der Waals surface area contributed by atoms with Crippen LogP contribution in [0.2, 0.25) is 0 Å². The first-order valence-electron chi connectivity index (χ1n) is 7.80. The molecule has 4 heteroatoms. The van der Waals surface area contributed by atoms with Crippen LogP contribution < -0.4 is 0 Å². The molecule has 1 aliphatic heterocycles. The van der Waals surface area contributed by atoms with Crippen LogP contribution in [0, 0.1) is 17.2 Å². The fourth-order valence-electron chi connectivity index (χ4n) is 2.98. The van der Waals surface area contributed by atoms with E-state index in [1.807, 2.05) is 45.0 Å². The van der Waals surface area contributed by atoms with E-state index in [-0.39, 0.29) is 17.8 Å². The molecule has 4 nitrogen and oxygen atoms in total. The van der Waals surface area contributed by atoms with Gasteiger partial charge in [-0.05, 0) is 30.4 Å². The summed E-state index contributed by atoms with van der Waals surface area (Å²) in [4.78, 5) is 12.2. The summed E-state index contributed by atoms with van der Waals surface area (Å²) in [6.45, 7) is 7.28. The smallest absolute Gasteiger partial charge is 0.313 e. The predicted molar refractivity (Wildman–Crippen MR) is 83.4 cm³/mol. The molecule has 0 aliphatic carbocycles. The van der Waals surface area contributed by atoms with Crippen molar-refractivity contribution >= 4 is 5.97 Å². The monoisotopic (exact) mass is 301 g/mol. The van der Waals surface area contributed by atoms with Gasteiger partial charge in [0.25, 0.3) is 0 Å². The van der Waals surface area contributed by atoms with E-state index in [0.29, 0.717) is 26.2 Å². The summed E-state index contributed by atoms with van der Waals surface area (Å²) >= 11 is 0. The van der Waals surface area contributed by atoms with Crippen LogP contribution in [-0.4, -0.2) is 25.8 Å². The van der Waals surface area contributed by atoms with E-state index in [1.165, 1.54) is 0 Å². The van der Waals surface area contributed by atoms with Crippen LogP contribution in [0.15, 0.2) is 24.3 Å². The van der Waals surface area contributed by atoms with Gasteiger partial charge in [0, 0.05) is 6.61 Å². The minimum absolute atomic E-state index is 0.157. The number of hydrogen-bond donors (Lipinski definition) is 0. The lowest BCUT2D eigenvalue weighted by Gasteiger charge is -2.22. The molecule has 118 valence electrons. The summed E-state index contributed by atoms with van der Waals surface area (Å²) in [6.07, 6.45) is 0.717. The molecule has 2 atom stereocenters. The molecule has 0 spiro atoms. The molecular weight excluding hydrogens is 278 g/mol. The third-order valence-electron chi connectivity index (χ3n) is 4.27. The number of nitrogens with zero attached hydrogens (tertiary/aromatic N) is 1. The number of rotatable bonds is 5. The Balaban J connectivity index is 2.27.